The third-order valence-electron chi connectivity index (χ3n) is 2.65. The normalized spacial score (nSPS) is 21.8. The van der Waals surface area contributed by atoms with Gasteiger partial charge in [-0.1, -0.05) is 0 Å². The van der Waals surface area contributed by atoms with E-state index in [9.17, 15) is 0 Å². The topological polar surface area (TPSA) is 41.0 Å². The largest absolute Gasteiger partial charge is 0.354 e. The monoisotopic (exact) mass is 206 g/mol. The van der Waals surface area contributed by atoms with E-state index >= 15 is 0 Å². The van der Waals surface area contributed by atoms with Crippen molar-refractivity contribution in [2.75, 3.05) is 24.5 Å². The van der Waals surface area contributed by atoms with Crippen LogP contribution in [0.25, 0.3) is 0 Å². The van der Waals surface area contributed by atoms with Gasteiger partial charge in [0, 0.05) is 37.4 Å². The average molecular weight is 206 g/mol. The molecule has 15 heavy (non-hydrogen) atoms. The van der Waals surface area contributed by atoms with Crippen LogP contribution in [0.3, 0.4) is 0 Å². The van der Waals surface area contributed by atoms with Gasteiger partial charge >= 0.3 is 0 Å². The van der Waals surface area contributed by atoms with E-state index in [2.05, 4.69) is 33.2 Å². The Morgan fingerprint density at radius 3 is 2.87 bits per heavy atom. The van der Waals surface area contributed by atoms with Crippen LogP contribution < -0.4 is 10.2 Å². The van der Waals surface area contributed by atoms with Crippen molar-refractivity contribution < 1.29 is 0 Å². The minimum absolute atomic E-state index is 0.536. The molecule has 1 atom stereocenters. The lowest BCUT2D eigenvalue weighted by Gasteiger charge is -2.32. The van der Waals surface area contributed by atoms with E-state index < -0.39 is 0 Å². The zero-order valence-corrected chi connectivity index (χ0v) is 9.62. The second-order valence-corrected chi connectivity index (χ2v) is 4.22. The quantitative estimate of drug-likeness (QED) is 0.741. The van der Waals surface area contributed by atoms with E-state index in [4.69, 9.17) is 0 Å². The Morgan fingerprint density at radius 1 is 1.40 bits per heavy atom. The first-order valence-corrected chi connectivity index (χ1v) is 5.46. The third kappa shape index (κ3) is 2.45. The van der Waals surface area contributed by atoms with Crippen LogP contribution >= 0.6 is 0 Å². The summed E-state index contributed by atoms with van der Waals surface area (Å²) in [7, 11) is 0. The number of hydrogen-bond acceptors (Lipinski definition) is 4. The summed E-state index contributed by atoms with van der Waals surface area (Å²) in [6.45, 7) is 9.25. The molecule has 0 unspecified atom stereocenters. The molecule has 4 heteroatoms. The van der Waals surface area contributed by atoms with E-state index in [1.165, 1.54) is 0 Å². The lowest BCUT2D eigenvalue weighted by molar-refractivity contribution is 0.482. The third-order valence-corrected chi connectivity index (χ3v) is 2.65. The number of hydrogen-bond donors (Lipinski definition) is 1. The lowest BCUT2D eigenvalue weighted by Crippen LogP contribution is -2.49. The highest BCUT2D eigenvalue weighted by Crippen LogP contribution is 2.14. The number of nitrogens with one attached hydrogen (secondary N) is 1. The maximum atomic E-state index is 4.48. The molecule has 1 N–H and O–H groups in total. The average Bonchev–Trinajstić information content (AvgIpc) is 2.16. The Balaban J connectivity index is 2.20. The summed E-state index contributed by atoms with van der Waals surface area (Å²) >= 11 is 0. The summed E-state index contributed by atoms with van der Waals surface area (Å²) in [5.74, 6) is 1.92. The summed E-state index contributed by atoms with van der Waals surface area (Å²) < 4.78 is 0. The number of nitrogens with zero attached hydrogens (tertiary/aromatic N) is 3. The Labute approximate surface area is 90.7 Å². The first kappa shape index (κ1) is 10.4. The fraction of sp³-hybridized carbons (Fsp3) is 0.636. The van der Waals surface area contributed by atoms with Gasteiger partial charge in [0.2, 0.25) is 0 Å². The van der Waals surface area contributed by atoms with Crippen molar-refractivity contribution in [2.24, 2.45) is 0 Å². The minimum Gasteiger partial charge on any atom is -0.354 e. The van der Waals surface area contributed by atoms with Gasteiger partial charge in [0.1, 0.15) is 11.6 Å². The van der Waals surface area contributed by atoms with Crippen molar-refractivity contribution in [1.82, 2.24) is 15.3 Å². The lowest BCUT2D eigenvalue weighted by atomic mass is 10.2. The number of rotatable bonds is 1. The molecule has 0 amide bonds. The molecule has 0 aliphatic carbocycles. The SMILES string of the molecule is Cc1cc(N2CCN[C@@H](C)C2)nc(C)n1. The number of aromatic nitrogens is 2. The molecule has 2 heterocycles. The number of aryl methyl sites for hydroxylation is 2. The summed E-state index contributed by atoms with van der Waals surface area (Å²) in [6, 6.07) is 2.60. The zero-order valence-electron chi connectivity index (χ0n) is 9.62. The van der Waals surface area contributed by atoms with E-state index in [1.54, 1.807) is 0 Å². The molecule has 1 aromatic rings. The van der Waals surface area contributed by atoms with Gasteiger partial charge in [-0.2, -0.15) is 0 Å². The molecule has 1 aliphatic rings. The van der Waals surface area contributed by atoms with Gasteiger partial charge in [-0.05, 0) is 20.8 Å². The number of piperazine rings is 1. The van der Waals surface area contributed by atoms with Crippen molar-refractivity contribution in [2.45, 2.75) is 26.8 Å². The fourth-order valence-corrected chi connectivity index (χ4v) is 2.00. The summed E-state index contributed by atoms with van der Waals surface area (Å²) in [4.78, 5) is 11.1. The molecule has 1 aliphatic heterocycles. The first-order valence-electron chi connectivity index (χ1n) is 5.46. The summed E-state index contributed by atoms with van der Waals surface area (Å²) in [5.41, 5.74) is 1.05. The molecule has 1 aromatic heterocycles. The highest BCUT2D eigenvalue weighted by atomic mass is 15.2. The highest BCUT2D eigenvalue weighted by Gasteiger charge is 2.17. The highest BCUT2D eigenvalue weighted by molar-refractivity contribution is 5.40. The predicted molar refractivity (Wildman–Crippen MR) is 61.2 cm³/mol. The van der Waals surface area contributed by atoms with Crippen LogP contribution in [0, 0.1) is 13.8 Å². The molecule has 1 fully saturated rings. The first-order chi connectivity index (χ1) is 7.15. The van der Waals surface area contributed by atoms with Crippen LogP contribution in [-0.4, -0.2) is 35.6 Å². The van der Waals surface area contributed by atoms with Gasteiger partial charge < -0.3 is 10.2 Å². The van der Waals surface area contributed by atoms with Crippen molar-refractivity contribution in [3.8, 4) is 0 Å². The molecular formula is C11H18N4. The van der Waals surface area contributed by atoms with Crippen LogP contribution in [0.15, 0.2) is 6.07 Å². The van der Waals surface area contributed by atoms with Crippen LogP contribution in [0.2, 0.25) is 0 Å². The number of anilines is 1. The van der Waals surface area contributed by atoms with E-state index in [1.807, 2.05) is 13.8 Å². The van der Waals surface area contributed by atoms with Crippen LogP contribution in [0.4, 0.5) is 5.82 Å². The van der Waals surface area contributed by atoms with Gasteiger partial charge in [-0.25, -0.2) is 9.97 Å². The molecule has 0 spiro atoms. The predicted octanol–water partition coefficient (Wildman–Crippen LogP) is 0.892. The van der Waals surface area contributed by atoms with Crippen molar-refractivity contribution in [1.29, 1.82) is 0 Å². The van der Waals surface area contributed by atoms with Gasteiger partial charge in [0.15, 0.2) is 0 Å². The Hall–Kier alpha value is -1.16. The molecular weight excluding hydrogens is 188 g/mol. The van der Waals surface area contributed by atoms with Gasteiger partial charge in [0.05, 0.1) is 0 Å². The molecule has 0 aromatic carbocycles. The Bertz CT molecular complexity index is 330. The second kappa shape index (κ2) is 4.14. The Morgan fingerprint density at radius 2 is 2.20 bits per heavy atom. The van der Waals surface area contributed by atoms with E-state index in [-0.39, 0.29) is 0 Å². The maximum Gasteiger partial charge on any atom is 0.132 e. The second-order valence-electron chi connectivity index (χ2n) is 4.22. The van der Waals surface area contributed by atoms with Crippen molar-refractivity contribution >= 4 is 5.82 Å². The minimum atomic E-state index is 0.536. The van der Waals surface area contributed by atoms with Crippen LogP contribution in [0.1, 0.15) is 18.4 Å². The summed E-state index contributed by atoms with van der Waals surface area (Å²) in [5, 5.41) is 3.43. The van der Waals surface area contributed by atoms with Crippen LogP contribution in [0.5, 0.6) is 0 Å². The van der Waals surface area contributed by atoms with E-state index in [0.29, 0.717) is 6.04 Å². The molecule has 4 nitrogen and oxygen atoms in total. The van der Waals surface area contributed by atoms with Gasteiger partial charge in [-0.3, -0.25) is 0 Å². The molecule has 0 bridgehead atoms. The molecule has 2 rings (SSSR count). The molecule has 82 valence electrons. The van der Waals surface area contributed by atoms with Crippen molar-refractivity contribution in [3.63, 3.8) is 0 Å². The maximum absolute atomic E-state index is 4.48. The van der Waals surface area contributed by atoms with Gasteiger partial charge in [0.25, 0.3) is 0 Å². The molecule has 0 saturated carbocycles. The standard InChI is InChI=1S/C11H18N4/c1-8-6-11(14-10(3)13-8)15-5-4-12-9(2)7-15/h6,9,12H,4-5,7H2,1-3H3/t9-/m0/s1. The molecule has 0 radical (unpaired) electrons. The van der Waals surface area contributed by atoms with Crippen molar-refractivity contribution in [3.05, 3.63) is 17.6 Å². The summed E-state index contributed by atoms with van der Waals surface area (Å²) in [6.07, 6.45) is 0. The van der Waals surface area contributed by atoms with Crippen LogP contribution in [-0.2, 0) is 0 Å². The fourth-order valence-electron chi connectivity index (χ4n) is 2.00. The van der Waals surface area contributed by atoms with Gasteiger partial charge in [-0.15, -0.1) is 0 Å². The Kier molecular flexibility index (Phi) is 2.86. The zero-order chi connectivity index (χ0) is 10.8. The smallest absolute Gasteiger partial charge is 0.132 e. The molecule has 1 saturated heterocycles. The van der Waals surface area contributed by atoms with E-state index in [0.717, 1.165) is 37.0 Å².